The molecule has 0 bridgehead atoms. The van der Waals surface area contributed by atoms with E-state index in [-0.39, 0.29) is 24.0 Å². The van der Waals surface area contributed by atoms with Crippen LogP contribution in [0.2, 0.25) is 0 Å². The summed E-state index contributed by atoms with van der Waals surface area (Å²) in [6, 6.07) is 1.54. The van der Waals surface area contributed by atoms with Crippen LogP contribution in [0.1, 0.15) is 43.4 Å². The second kappa shape index (κ2) is 6.27. The van der Waals surface area contributed by atoms with E-state index in [0.717, 1.165) is 29.9 Å². The van der Waals surface area contributed by atoms with E-state index in [1.54, 1.807) is 6.20 Å². The molecule has 2 aromatic rings. The average Bonchev–Trinajstić information content (AvgIpc) is 3.02. The van der Waals surface area contributed by atoms with Crippen LogP contribution in [0.4, 0.5) is 10.5 Å². The Bertz CT molecular complexity index is 805. The van der Waals surface area contributed by atoms with Crippen molar-refractivity contribution in [1.29, 1.82) is 0 Å². The van der Waals surface area contributed by atoms with Crippen LogP contribution in [0, 0.1) is 12.3 Å². The van der Waals surface area contributed by atoms with Gasteiger partial charge in [-0.25, -0.2) is 4.79 Å². The van der Waals surface area contributed by atoms with Gasteiger partial charge in [0.25, 0.3) is 0 Å². The van der Waals surface area contributed by atoms with Gasteiger partial charge in [0.1, 0.15) is 18.1 Å². The summed E-state index contributed by atoms with van der Waals surface area (Å²) in [4.78, 5) is 23.3. The smallest absolute Gasteiger partial charge is 0.319 e. The van der Waals surface area contributed by atoms with Crippen LogP contribution < -0.4 is 16.4 Å². The molecule has 1 atom stereocenters. The predicted molar refractivity (Wildman–Crippen MR) is 91.9 cm³/mol. The van der Waals surface area contributed by atoms with Crippen molar-refractivity contribution in [1.82, 2.24) is 15.1 Å². The van der Waals surface area contributed by atoms with Crippen molar-refractivity contribution in [3.8, 4) is 0 Å². The van der Waals surface area contributed by atoms with Crippen LogP contribution in [0.3, 0.4) is 0 Å². The van der Waals surface area contributed by atoms with E-state index in [9.17, 15) is 9.59 Å². The number of furan rings is 1. The summed E-state index contributed by atoms with van der Waals surface area (Å²) in [7, 11) is 0. The Labute approximate surface area is 145 Å². The Morgan fingerprint density at radius 1 is 1.48 bits per heavy atom. The monoisotopic (exact) mass is 345 g/mol. The summed E-state index contributed by atoms with van der Waals surface area (Å²) in [6.45, 7) is 6.20. The number of anilines is 1. The molecule has 8 heteroatoms. The SMILES string of the molecule is Cc1cc2c(o1)CC(C)(C)C[C@@H]2NC(=O)Nc1cnn(CC(N)=O)c1. The van der Waals surface area contributed by atoms with Gasteiger partial charge in [0.05, 0.1) is 17.9 Å². The van der Waals surface area contributed by atoms with Gasteiger partial charge in [-0.05, 0) is 24.8 Å². The Morgan fingerprint density at radius 3 is 2.96 bits per heavy atom. The largest absolute Gasteiger partial charge is 0.466 e. The molecule has 0 fully saturated rings. The summed E-state index contributed by atoms with van der Waals surface area (Å²) in [5, 5.41) is 9.71. The highest BCUT2D eigenvalue weighted by molar-refractivity contribution is 5.89. The maximum Gasteiger partial charge on any atom is 0.319 e. The van der Waals surface area contributed by atoms with Crippen LogP contribution in [0.5, 0.6) is 0 Å². The fourth-order valence-corrected chi connectivity index (χ4v) is 3.31. The van der Waals surface area contributed by atoms with E-state index in [4.69, 9.17) is 10.2 Å². The number of aromatic nitrogens is 2. The zero-order chi connectivity index (χ0) is 18.2. The third-order valence-electron chi connectivity index (χ3n) is 4.25. The Morgan fingerprint density at radius 2 is 2.24 bits per heavy atom. The van der Waals surface area contributed by atoms with E-state index in [1.165, 1.54) is 10.9 Å². The van der Waals surface area contributed by atoms with E-state index >= 15 is 0 Å². The zero-order valence-corrected chi connectivity index (χ0v) is 14.6. The van der Waals surface area contributed by atoms with Crippen molar-refractivity contribution in [2.45, 2.75) is 46.2 Å². The second-order valence-electron chi connectivity index (χ2n) is 7.32. The highest BCUT2D eigenvalue weighted by Crippen LogP contribution is 2.41. The first-order chi connectivity index (χ1) is 11.7. The number of carbonyl (C=O) groups excluding carboxylic acids is 2. The molecule has 3 rings (SSSR count). The van der Waals surface area contributed by atoms with Gasteiger partial charge < -0.3 is 20.8 Å². The number of nitrogens with one attached hydrogen (secondary N) is 2. The number of amides is 3. The van der Waals surface area contributed by atoms with Crippen LogP contribution in [0.15, 0.2) is 22.9 Å². The molecule has 0 aromatic carbocycles. The normalized spacial score (nSPS) is 18.4. The summed E-state index contributed by atoms with van der Waals surface area (Å²) in [5.74, 6) is 1.29. The van der Waals surface area contributed by atoms with E-state index < -0.39 is 5.91 Å². The molecule has 8 nitrogen and oxygen atoms in total. The minimum atomic E-state index is -0.494. The predicted octanol–water partition coefficient (Wildman–Crippen LogP) is 2.11. The molecule has 0 aliphatic heterocycles. The molecule has 3 amide bonds. The quantitative estimate of drug-likeness (QED) is 0.787. The molecule has 1 aliphatic rings. The van der Waals surface area contributed by atoms with Gasteiger partial charge in [0.2, 0.25) is 5.91 Å². The number of hydrogen-bond donors (Lipinski definition) is 3. The van der Waals surface area contributed by atoms with Crippen LogP contribution in [0.25, 0.3) is 0 Å². The number of hydrogen-bond acceptors (Lipinski definition) is 4. The molecule has 0 spiro atoms. The van der Waals surface area contributed by atoms with Gasteiger partial charge in [0, 0.05) is 18.2 Å². The third-order valence-corrected chi connectivity index (χ3v) is 4.25. The fraction of sp³-hybridized carbons (Fsp3) is 0.471. The molecule has 0 radical (unpaired) electrons. The topological polar surface area (TPSA) is 115 Å². The van der Waals surface area contributed by atoms with Crippen LogP contribution in [-0.4, -0.2) is 21.7 Å². The van der Waals surface area contributed by atoms with Gasteiger partial charge >= 0.3 is 6.03 Å². The van der Waals surface area contributed by atoms with Crippen molar-refractivity contribution in [2.75, 3.05) is 5.32 Å². The third kappa shape index (κ3) is 4.01. The van der Waals surface area contributed by atoms with Crippen molar-refractivity contribution in [3.05, 3.63) is 35.5 Å². The molecule has 1 aliphatic carbocycles. The lowest BCUT2D eigenvalue weighted by Crippen LogP contribution is -2.38. The van der Waals surface area contributed by atoms with Crippen molar-refractivity contribution >= 4 is 17.6 Å². The Kier molecular flexibility index (Phi) is 4.28. The first-order valence-electron chi connectivity index (χ1n) is 8.19. The van der Waals surface area contributed by atoms with Gasteiger partial charge in [-0.15, -0.1) is 0 Å². The van der Waals surface area contributed by atoms with Gasteiger partial charge in [-0.1, -0.05) is 13.8 Å². The molecule has 2 heterocycles. The minimum absolute atomic E-state index is 0.0300. The number of aryl methyl sites for hydroxylation is 1. The van der Waals surface area contributed by atoms with Gasteiger partial charge in [-0.2, -0.15) is 5.10 Å². The van der Waals surface area contributed by atoms with Gasteiger partial charge in [-0.3, -0.25) is 9.48 Å². The summed E-state index contributed by atoms with van der Waals surface area (Å²) in [6.07, 6.45) is 4.71. The number of carbonyl (C=O) groups is 2. The van der Waals surface area contributed by atoms with E-state index in [1.807, 2.05) is 13.0 Å². The van der Waals surface area contributed by atoms with Crippen LogP contribution >= 0.6 is 0 Å². The first-order valence-corrected chi connectivity index (χ1v) is 8.19. The average molecular weight is 345 g/mol. The maximum absolute atomic E-state index is 12.4. The number of primary amides is 1. The van der Waals surface area contributed by atoms with E-state index in [2.05, 4.69) is 29.6 Å². The number of urea groups is 1. The second-order valence-corrected chi connectivity index (χ2v) is 7.32. The number of nitrogens with two attached hydrogens (primary N) is 1. The highest BCUT2D eigenvalue weighted by atomic mass is 16.3. The number of fused-ring (bicyclic) bond motifs is 1. The van der Waals surface area contributed by atoms with Gasteiger partial charge in [0.15, 0.2) is 0 Å². The highest BCUT2D eigenvalue weighted by Gasteiger charge is 2.35. The molecule has 134 valence electrons. The molecule has 4 N–H and O–H groups in total. The number of rotatable bonds is 4. The standard InChI is InChI=1S/C17H23N5O3/c1-10-4-12-13(5-17(2,3)6-14(12)25-10)21-16(24)20-11-7-19-22(8-11)9-15(18)23/h4,7-8,13H,5-6,9H2,1-3H3,(H2,18,23)(H2,20,21,24)/t13-/m0/s1. The van der Waals surface area contributed by atoms with Crippen LogP contribution in [-0.2, 0) is 17.8 Å². The van der Waals surface area contributed by atoms with E-state index in [0.29, 0.717) is 5.69 Å². The lowest BCUT2D eigenvalue weighted by Gasteiger charge is -2.34. The minimum Gasteiger partial charge on any atom is -0.466 e. The Balaban J connectivity index is 1.68. The molecular weight excluding hydrogens is 322 g/mol. The number of nitrogens with zero attached hydrogens (tertiary/aromatic N) is 2. The maximum atomic E-state index is 12.4. The summed E-state index contributed by atoms with van der Waals surface area (Å²) in [5.41, 5.74) is 6.70. The lowest BCUT2D eigenvalue weighted by molar-refractivity contribution is -0.118. The molecule has 2 aromatic heterocycles. The molecule has 0 saturated heterocycles. The Hall–Kier alpha value is -2.77. The molecular formula is C17H23N5O3. The molecule has 0 saturated carbocycles. The fourth-order valence-electron chi connectivity index (χ4n) is 3.31. The summed E-state index contributed by atoms with van der Waals surface area (Å²) < 4.78 is 7.16. The molecule has 0 unspecified atom stereocenters. The first kappa shape index (κ1) is 17.1. The summed E-state index contributed by atoms with van der Waals surface area (Å²) >= 11 is 0. The van der Waals surface area contributed by atoms with Crippen molar-refractivity contribution in [2.24, 2.45) is 11.1 Å². The van der Waals surface area contributed by atoms with Crippen molar-refractivity contribution in [3.63, 3.8) is 0 Å². The zero-order valence-electron chi connectivity index (χ0n) is 14.6. The lowest BCUT2D eigenvalue weighted by atomic mass is 9.75. The van der Waals surface area contributed by atoms with Crippen molar-refractivity contribution < 1.29 is 14.0 Å². The molecule has 25 heavy (non-hydrogen) atoms.